The SMILES string of the molecule is CC(=O)NC(C(=O)N[C@@H](CC(N)=O)C(=O)O)C(C)C. The third-order valence-corrected chi connectivity index (χ3v) is 2.33. The maximum absolute atomic E-state index is 11.9. The first-order valence-corrected chi connectivity index (χ1v) is 5.73. The first-order chi connectivity index (χ1) is 8.65. The largest absolute Gasteiger partial charge is 0.480 e. The van der Waals surface area contributed by atoms with Crippen molar-refractivity contribution in [2.24, 2.45) is 11.7 Å². The van der Waals surface area contributed by atoms with E-state index >= 15 is 0 Å². The molecule has 0 fully saturated rings. The van der Waals surface area contributed by atoms with Gasteiger partial charge in [-0.05, 0) is 5.92 Å². The number of rotatable bonds is 7. The fraction of sp³-hybridized carbons (Fsp3) is 0.636. The Hall–Kier alpha value is -2.12. The summed E-state index contributed by atoms with van der Waals surface area (Å²) in [5.41, 5.74) is 4.90. The van der Waals surface area contributed by atoms with Gasteiger partial charge < -0.3 is 21.5 Å². The average molecular weight is 273 g/mol. The van der Waals surface area contributed by atoms with E-state index in [0.29, 0.717) is 0 Å². The molecule has 0 aliphatic rings. The Balaban J connectivity index is 4.80. The second-order valence-electron chi connectivity index (χ2n) is 4.49. The van der Waals surface area contributed by atoms with Gasteiger partial charge in [-0.2, -0.15) is 0 Å². The van der Waals surface area contributed by atoms with Gasteiger partial charge in [0, 0.05) is 6.92 Å². The van der Waals surface area contributed by atoms with E-state index in [1.165, 1.54) is 6.92 Å². The van der Waals surface area contributed by atoms with Gasteiger partial charge in [-0.3, -0.25) is 14.4 Å². The van der Waals surface area contributed by atoms with Crippen LogP contribution < -0.4 is 16.4 Å². The lowest BCUT2D eigenvalue weighted by molar-refractivity contribution is -0.144. The number of carboxylic acid groups (broad SMARTS) is 1. The number of hydrogen-bond donors (Lipinski definition) is 4. The molecule has 108 valence electrons. The van der Waals surface area contributed by atoms with Gasteiger partial charge in [0.2, 0.25) is 17.7 Å². The van der Waals surface area contributed by atoms with E-state index in [4.69, 9.17) is 10.8 Å². The molecular weight excluding hydrogens is 254 g/mol. The van der Waals surface area contributed by atoms with Crippen molar-refractivity contribution in [3.63, 3.8) is 0 Å². The predicted octanol–water partition coefficient (Wildman–Crippen LogP) is -1.41. The van der Waals surface area contributed by atoms with Gasteiger partial charge >= 0.3 is 5.97 Å². The van der Waals surface area contributed by atoms with Gasteiger partial charge in [-0.25, -0.2) is 4.79 Å². The van der Waals surface area contributed by atoms with Gasteiger partial charge in [0.15, 0.2) is 0 Å². The molecule has 0 saturated carbocycles. The molecule has 0 bridgehead atoms. The molecule has 2 atom stereocenters. The number of carboxylic acids is 1. The lowest BCUT2D eigenvalue weighted by Gasteiger charge is -2.23. The molecular formula is C11H19N3O5. The Morgan fingerprint density at radius 2 is 1.68 bits per heavy atom. The predicted molar refractivity (Wildman–Crippen MR) is 65.8 cm³/mol. The second-order valence-corrected chi connectivity index (χ2v) is 4.49. The summed E-state index contributed by atoms with van der Waals surface area (Å²) in [6.07, 6.45) is -0.508. The van der Waals surface area contributed by atoms with E-state index in [-0.39, 0.29) is 5.92 Å². The highest BCUT2D eigenvalue weighted by atomic mass is 16.4. The van der Waals surface area contributed by atoms with Crippen molar-refractivity contribution in [2.45, 2.75) is 39.3 Å². The molecule has 0 aliphatic heterocycles. The molecule has 1 unspecified atom stereocenters. The van der Waals surface area contributed by atoms with E-state index in [0.717, 1.165) is 0 Å². The maximum Gasteiger partial charge on any atom is 0.326 e. The Morgan fingerprint density at radius 1 is 1.16 bits per heavy atom. The van der Waals surface area contributed by atoms with Gasteiger partial charge in [0.25, 0.3) is 0 Å². The molecule has 0 aliphatic carbocycles. The molecule has 8 heteroatoms. The Bertz CT molecular complexity index is 381. The Morgan fingerprint density at radius 3 is 2.00 bits per heavy atom. The lowest BCUT2D eigenvalue weighted by atomic mass is 10.0. The van der Waals surface area contributed by atoms with Crippen LogP contribution in [0.4, 0.5) is 0 Å². The molecule has 5 N–H and O–H groups in total. The van der Waals surface area contributed by atoms with Crippen LogP contribution in [0.1, 0.15) is 27.2 Å². The van der Waals surface area contributed by atoms with Crippen molar-refractivity contribution in [3.05, 3.63) is 0 Å². The van der Waals surface area contributed by atoms with Crippen LogP contribution >= 0.6 is 0 Å². The molecule has 0 aromatic rings. The van der Waals surface area contributed by atoms with E-state index < -0.39 is 42.2 Å². The number of aliphatic carboxylic acids is 1. The quantitative estimate of drug-likeness (QED) is 0.451. The van der Waals surface area contributed by atoms with E-state index in [1.54, 1.807) is 13.8 Å². The molecule has 0 spiro atoms. The summed E-state index contributed by atoms with van der Waals surface area (Å²) in [7, 11) is 0. The van der Waals surface area contributed by atoms with Gasteiger partial charge in [-0.1, -0.05) is 13.8 Å². The van der Waals surface area contributed by atoms with Crippen molar-refractivity contribution in [2.75, 3.05) is 0 Å². The van der Waals surface area contributed by atoms with Crippen LogP contribution in [0, 0.1) is 5.92 Å². The van der Waals surface area contributed by atoms with Gasteiger partial charge in [0.05, 0.1) is 6.42 Å². The van der Waals surface area contributed by atoms with Crippen molar-refractivity contribution in [1.82, 2.24) is 10.6 Å². The van der Waals surface area contributed by atoms with Crippen molar-refractivity contribution in [3.8, 4) is 0 Å². The lowest BCUT2D eigenvalue weighted by Crippen LogP contribution is -2.54. The topological polar surface area (TPSA) is 139 Å². The van der Waals surface area contributed by atoms with Crippen molar-refractivity contribution in [1.29, 1.82) is 0 Å². The molecule has 0 aromatic heterocycles. The zero-order chi connectivity index (χ0) is 15.2. The van der Waals surface area contributed by atoms with E-state index in [9.17, 15) is 19.2 Å². The van der Waals surface area contributed by atoms with Gasteiger partial charge in [-0.15, -0.1) is 0 Å². The molecule has 3 amide bonds. The van der Waals surface area contributed by atoms with E-state index in [1.807, 2.05) is 0 Å². The monoisotopic (exact) mass is 273 g/mol. The zero-order valence-corrected chi connectivity index (χ0v) is 11.1. The average Bonchev–Trinajstić information content (AvgIpc) is 2.23. The maximum atomic E-state index is 11.9. The molecule has 8 nitrogen and oxygen atoms in total. The van der Waals surface area contributed by atoms with Crippen LogP contribution in [-0.2, 0) is 19.2 Å². The minimum absolute atomic E-state index is 0.230. The minimum atomic E-state index is -1.40. The van der Waals surface area contributed by atoms with Crippen LogP contribution in [0.15, 0.2) is 0 Å². The summed E-state index contributed by atoms with van der Waals surface area (Å²) in [5, 5.41) is 13.5. The zero-order valence-electron chi connectivity index (χ0n) is 11.1. The number of nitrogens with one attached hydrogen (secondary N) is 2. The number of carbonyl (C=O) groups excluding carboxylic acids is 3. The van der Waals surface area contributed by atoms with Crippen LogP contribution in [-0.4, -0.2) is 40.9 Å². The summed E-state index contributed by atoms with van der Waals surface area (Å²) < 4.78 is 0. The van der Waals surface area contributed by atoms with Crippen LogP contribution in [0.2, 0.25) is 0 Å². The highest BCUT2D eigenvalue weighted by molar-refractivity contribution is 5.92. The number of amides is 3. The summed E-state index contributed by atoms with van der Waals surface area (Å²) in [4.78, 5) is 44.4. The Kier molecular flexibility index (Phi) is 6.53. The van der Waals surface area contributed by atoms with E-state index in [2.05, 4.69) is 10.6 Å². The fourth-order valence-corrected chi connectivity index (χ4v) is 1.42. The van der Waals surface area contributed by atoms with Crippen molar-refractivity contribution < 1.29 is 24.3 Å². The molecule has 0 aromatic carbocycles. The first-order valence-electron chi connectivity index (χ1n) is 5.73. The van der Waals surface area contributed by atoms with Gasteiger partial charge in [0.1, 0.15) is 12.1 Å². The number of primary amides is 1. The molecule has 0 radical (unpaired) electrons. The van der Waals surface area contributed by atoms with Crippen molar-refractivity contribution >= 4 is 23.7 Å². The summed E-state index contributed by atoms with van der Waals surface area (Å²) in [6, 6.07) is -2.27. The number of nitrogens with two attached hydrogens (primary N) is 1. The van der Waals surface area contributed by atoms with Crippen LogP contribution in [0.3, 0.4) is 0 Å². The van der Waals surface area contributed by atoms with Crippen LogP contribution in [0.25, 0.3) is 0 Å². The second kappa shape index (κ2) is 7.34. The van der Waals surface area contributed by atoms with Crippen LogP contribution in [0.5, 0.6) is 0 Å². The summed E-state index contributed by atoms with van der Waals surface area (Å²) in [6.45, 7) is 4.65. The number of carbonyl (C=O) groups is 4. The smallest absolute Gasteiger partial charge is 0.326 e. The molecule has 19 heavy (non-hydrogen) atoms. The highest BCUT2D eigenvalue weighted by Crippen LogP contribution is 2.03. The summed E-state index contributed by atoms with van der Waals surface area (Å²) >= 11 is 0. The number of hydrogen-bond acceptors (Lipinski definition) is 4. The first kappa shape index (κ1) is 16.9. The normalized spacial score (nSPS) is 13.5. The highest BCUT2D eigenvalue weighted by Gasteiger charge is 2.28. The molecule has 0 saturated heterocycles. The standard InChI is InChI=1S/C11H19N3O5/c1-5(2)9(13-6(3)15)10(17)14-7(11(18)19)4-8(12)16/h5,7,9H,4H2,1-3H3,(H2,12,16)(H,13,15)(H,14,17)(H,18,19)/t7-,9?/m0/s1. The molecule has 0 heterocycles. The Labute approximate surface area is 110 Å². The molecule has 0 rings (SSSR count). The third-order valence-electron chi connectivity index (χ3n) is 2.33. The minimum Gasteiger partial charge on any atom is -0.480 e. The fourth-order valence-electron chi connectivity index (χ4n) is 1.42. The summed E-state index contributed by atoms with van der Waals surface area (Å²) in [5.74, 6) is -3.51. The third kappa shape index (κ3) is 6.39.